The number of nitrogens with one attached hydrogen (secondary N) is 1. The smallest absolute Gasteiger partial charge is 0.246 e. The van der Waals surface area contributed by atoms with Crippen molar-refractivity contribution in [3.05, 3.63) is 46.8 Å². The average Bonchev–Trinajstić information content (AvgIpc) is 2.85. The molecule has 1 aromatic carbocycles. The topological polar surface area (TPSA) is 67.2 Å². The Morgan fingerprint density at radius 2 is 2.08 bits per heavy atom. The zero-order valence-corrected chi connectivity index (χ0v) is 16.7. The number of rotatable bonds is 6. The van der Waals surface area contributed by atoms with Gasteiger partial charge in [-0.2, -0.15) is 5.10 Å². The fourth-order valence-electron chi connectivity index (χ4n) is 2.35. The van der Waals surface area contributed by atoms with Crippen LogP contribution in [0.4, 0.5) is 5.69 Å². The lowest BCUT2D eigenvalue weighted by atomic mass is 10.2. The highest BCUT2D eigenvalue weighted by molar-refractivity contribution is 7.98. The molecule has 0 radical (unpaired) electrons. The number of nitrogens with zero attached hydrogens (tertiary/aromatic N) is 3. The number of anilines is 1. The third kappa shape index (κ3) is 4.89. The summed E-state index contributed by atoms with van der Waals surface area (Å²) in [7, 11) is 3.31. The Labute approximate surface area is 162 Å². The molecule has 8 heteroatoms. The highest BCUT2D eigenvalue weighted by Crippen LogP contribution is 2.24. The summed E-state index contributed by atoms with van der Waals surface area (Å²) in [5.41, 5.74) is 2.16. The maximum Gasteiger partial charge on any atom is 0.246 e. The predicted molar refractivity (Wildman–Crippen MR) is 106 cm³/mol. The summed E-state index contributed by atoms with van der Waals surface area (Å²) in [5, 5.41) is 7.48. The number of thioether (sulfide) groups is 1. The summed E-state index contributed by atoms with van der Waals surface area (Å²) >= 11 is 7.68. The third-order valence-corrected chi connectivity index (χ3v) is 4.97. The van der Waals surface area contributed by atoms with Gasteiger partial charge in [-0.05, 0) is 31.4 Å². The van der Waals surface area contributed by atoms with Gasteiger partial charge in [-0.3, -0.25) is 14.3 Å². The van der Waals surface area contributed by atoms with Crippen molar-refractivity contribution in [2.24, 2.45) is 7.05 Å². The van der Waals surface area contributed by atoms with Crippen molar-refractivity contribution in [2.75, 3.05) is 25.2 Å². The molecule has 0 saturated carbocycles. The largest absolute Gasteiger partial charge is 0.333 e. The van der Waals surface area contributed by atoms with Gasteiger partial charge in [0.15, 0.2) is 0 Å². The molecule has 2 rings (SSSR count). The molecule has 0 spiro atoms. The lowest BCUT2D eigenvalue weighted by molar-refractivity contribution is -0.129. The van der Waals surface area contributed by atoms with Crippen LogP contribution < -0.4 is 5.32 Å². The molecule has 0 bridgehead atoms. The first-order chi connectivity index (χ1) is 12.3. The number of hydrogen-bond donors (Lipinski definition) is 1. The number of carbonyl (C=O) groups excluding carboxylic acids is 2. The number of halogens is 1. The van der Waals surface area contributed by atoms with E-state index in [0.717, 1.165) is 16.3 Å². The number of hydrogen-bond acceptors (Lipinski definition) is 4. The second-order valence-corrected chi connectivity index (χ2v) is 6.90. The van der Waals surface area contributed by atoms with E-state index in [1.807, 2.05) is 37.4 Å². The predicted octanol–water partition coefficient (Wildman–Crippen LogP) is 3.21. The Kier molecular flexibility index (Phi) is 6.88. The van der Waals surface area contributed by atoms with E-state index in [1.165, 1.54) is 11.0 Å². The summed E-state index contributed by atoms with van der Waals surface area (Å²) in [6.45, 7) is 1.77. The molecule has 0 aliphatic rings. The zero-order chi connectivity index (χ0) is 19.3. The van der Waals surface area contributed by atoms with Crippen LogP contribution in [0.25, 0.3) is 6.08 Å². The number of para-hydroxylation sites is 1. The van der Waals surface area contributed by atoms with Crippen molar-refractivity contribution in [3.8, 4) is 0 Å². The first-order valence-corrected chi connectivity index (χ1v) is 9.49. The molecule has 1 N–H and O–H groups in total. The minimum absolute atomic E-state index is 0.0500. The Morgan fingerprint density at radius 1 is 1.38 bits per heavy atom. The normalized spacial score (nSPS) is 11.0. The van der Waals surface area contributed by atoms with Crippen LogP contribution in [0.3, 0.4) is 0 Å². The van der Waals surface area contributed by atoms with Crippen molar-refractivity contribution in [2.45, 2.75) is 11.8 Å². The quantitative estimate of drug-likeness (QED) is 0.605. The van der Waals surface area contributed by atoms with Crippen LogP contribution in [0.15, 0.2) is 35.2 Å². The van der Waals surface area contributed by atoms with E-state index in [-0.39, 0.29) is 18.4 Å². The van der Waals surface area contributed by atoms with Crippen molar-refractivity contribution in [3.63, 3.8) is 0 Å². The molecular formula is C18H21ClN4O2S. The van der Waals surface area contributed by atoms with E-state index in [0.29, 0.717) is 10.7 Å². The van der Waals surface area contributed by atoms with Crippen LogP contribution in [0.2, 0.25) is 5.15 Å². The van der Waals surface area contributed by atoms with Crippen LogP contribution >= 0.6 is 23.4 Å². The first-order valence-electron chi connectivity index (χ1n) is 7.88. The van der Waals surface area contributed by atoms with Crippen molar-refractivity contribution in [1.29, 1.82) is 0 Å². The summed E-state index contributed by atoms with van der Waals surface area (Å²) in [6, 6.07) is 7.52. The Balaban J connectivity index is 1.98. The van der Waals surface area contributed by atoms with Gasteiger partial charge in [-0.25, -0.2) is 0 Å². The van der Waals surface area contributed by atoms with Gasteiger partial charge in [-0.15, -0.1) is 11.8 Å². The van der Waals surface area contributed by atoms with Gasteiger partial charge in [0.1, 0.15) is 5.15 Å². The Morgan fingerprint density at radius 3 is 2.69 bits per heavy atom. The molecule has 6 nitrogen and oxygen atoms in total. The molecule has 1 heterocycles. The molecule has 138 valence electrons. The summed E-state index contributed by atoms with van der Waals surface area (Å²) in [5.74, 6) is -0.552. The fourth-order valence-corrected chi connectivity index (χ4v) is 3.14. The number of amides is 2. The second kappa shape index (κ2) is 8.91. The third-order valence-electron chi connectivity index (χ3n) is 3.73. The molecular weight excluding hydrogens is 372 g/mol. The monoisotopic (exact) mass is 392 g/mol. The minimum atomic E-state index is -0.294. The molecule has 26 heavy (non-hydrogen) atoms. The van der Waals surface area contributed by atoms with Gasteiger partial charge < -0.3 is 10.2 Å². The van der Waals surface area contributed by atoms with Crippen LogP contribution in [0.1, 0.15) is 11.3 Å². The van der Waals surface area contributed by atoms with E-state index in [2.05, 4.69) is 10.4 Å². The van der Waals surface area contributed by atoms with Crippen LogP contribution in [-0.2, 0) is 16.6 Å². The Hall–Kier alpha value is -2.25. The lowest BCUT2D eigenvalue weighted by Crippen LogP contribution is -2.33. The molecule has 0 saturated heterocycles. The van der Waals surface area contributed by atoms with Crippen molar-refractivity contribution < 1.29 is 9.59 Å². The molecule has 0 atom stereocenters. The van der Waals surface area contributed by atoms with Gasteiger partial charge in [0.25, 0.3) is 0 Å². The number of carbonyl (C=O) groups is 2. The van der Waals surface area contributed by atoms with Crippen molar-refractivity contribution in [1.82, 2.24) is 14.7 Å². The first kappa shape index (κ1) is 20.1. The number of aryl methyl sites for hydroxylation is 2. The van der Waals surface area contributed by atoms with Gasteiger partial charge in [0.05, 0.1) is 17.9 Å². The molecule has 2 amide bonds. The molecule has 0 unspecified atom stereocenters. The standard InChI is InChI=1S/C18H21ClN4O2S/c1-12-13(18(19)23(3)21-12)9-10-17(25)22(2)11-16(24)20-14-7-5-6-8-15(14)26-4/h5-10H,11H2,1-4H3,(H,20,24)/b10-9+. The minimum Gasteiger partial charge on any atom is -0.333 e. The van der Waals surface area contributed by atoms with E-state index < -0.39 is 0 Å². The number of benzene rings is 1. The maximum absolute atomic E-state index is 12.2. The van der Waals surface area contributed by atoms with Gasteiger partial charge in [0, 0.05) is 30.6 Å². The lowest BCUT2D eigenvalue weighted by Gasteiger charge is -2.15. The van der Waals surface area contributed by atoms with E-state index in [1.54, 1.807) is 36.6 Å². The Bertz CT molecular complexity index is 848. The van der Waals surface area contributed by atoms with E-state index in [4.69, 9.17) is 11.6 Å². The fraction of sp³-hybridized carbons (Fsp3) is 0.278. The summed E-state index contributed by atoms with van der Waals surface area (Å²) < 4.78 is 1.54. The average molecular weight is 393 g/mol. The molecule has 0 aliphatic heterocycles. The second-order valence-electron chi connectivity index (χ2n) is 5.69. The van der Waals surface area contributed by atoms with Crippen LogP contribution in [-0.4, -0.2) is 46.3 Å². The molecule has 2 aromatic rings. The number of likely N-dealkylation sites (N-methyl/N-ethyl adjacent to an activating group) is 1. The maximum atomic E-state index is 12.2. The molecule has 1 aromatic heterocycles. The van der Waals surface area contributed by atoms with Gasteiger partial charge in [0.2, 0.25) is 11.8 Å². The van der Waals surface area contributed by atoms with Crippen molar-refractivity contribution >= 4 is 46.9 Å². The van der Waals surface area contributed by atoms with E-state index in [9.17, 15) is 9.59 Å². The van der Waals surface area contributed by atoms with Gasteiger partial charge in [-0.1, -0.05) is 23.7 Å². The molecule has 0 fully saturated rings. The van der Waals surface area contributed by atoms with Crippen LogP contribution in [0.5, 0.6) is 0 Å². The summed E-state index contributed by atoms with van der Waals surface area (Å²) in [6.07, 6.45) is 4.94. The highest BCUT2D eigenvalue weighted by atomic mass is 35.5. The number of aromatic nitrogens is 2. The van der Waals surface area contributed by atoms with E-state index >= 15 is 0 Å². The highest BCUT2D eigenvalue weighted by Gasteiger charge is 2.13. The van der Waals surface area contributed by atoms with Crippen LogP contribution in [0, 0.1) is 6.92 Å². The SMILES string of the molecule is CSc1ccccc1NC(=O)CN(C)C(=O)/C=C/c1c(C)nn(C)c1Cl. The summed E-state index contributed by atoms with van der Waals surface area (Å²) in [4.78, 5) is 26.8. The molecule has 0 aliphatic carbocycles. The van der Waals surface area contributed by atoms with Gasteiger partial charge >= 0.3 is 0 Å². The zero-order valence-electron chi connectivity index (χ0n) is 15.1.